The van der Waals surface area contributed by atoms with E-state index in [0.717, 1.165) is 44.9 Å². The van der Waals surface area contributed by atoms with Gasteiger partial charge in [-0.3, -0.25) is 48.9 Å². The Balaban J connectivity index is 0.000000146. The summed E-state index contributed by atoms with van der Waals surface area (Å²) in [6, 6.07) is 89.8. The summed E-state index contributed by atoms with van der Waals surface area (Å²) in [6.45, 7) is 15.5. The van der Waals surface area contributed by atoms with Gasteiger partial charge < -0.3 is 50.3 Å². The molecule has 0 unspecified atom stereocenters. The number of carbonyl (C=O) groups is 5. The fourth-order valence-corrected chi connectivity index (χ4v) is 11.5. The van der Waals surface area contributed by atoms with Crippen LogP contribution in [0.5, 0.6) is 57.5 Å². The van der Waals surface area contributed by atoms with Crippen molar-refractivity contribution in [2.45, 2.75) is 55.4 Å². The second kappa shape index (κ2) is 42.6. The van der Waals surface area contributed by atoms with E-state index in [0.29, 0.717) is 119 Å². The van der Waals surface area contributed by atoms with Crippen molar-refractivity contribution >= 4 is 69.6 Å². The van der Waals surface area contributed by atoms with Crippen LogP contribution in [-0.4, -0.2) is 54.5 Å². The Labute approximate surface area is 696 Å². The Hall–Kier alpha value is -15.4. The zero-order valence-electron chi connectivity index (χ0n) is 66.5. The van der Waals surface area contributed by atoms with Crippen LogP contribution in [0.1, 0.15) is 96.7 Å². The topological polar surface area (TPSA) is 256 Å². The minimum Gasteiger partial charge on any atom is -0.456 e. The molecule has 20 nitrogen and oxygen atoms in total. The highest BCUT2D eigenvalue weighted by molar-refractivity contribution is 6.31. The smallest absolute Gasteiger partial charge is 0.255 e. The summed E-state index contributed by atoms with van der Waals surface area (Å²) in [6.07, 6.45) is 11.7. The molecule has 0 saturated heterocycles. The first-order valence-electron chi connectivity index (χ1n) is 37.7. The highest BCUT2D eigenvalue weighted by Crippen LogP contribution is 2.32. The SMILES string of the molecule is Cc1cccc(C(=O)Nc2cc(Cl)cc(Oc3ccc(C)nc3)c2)c1.Cc1cccc(C(=O)Nc2cccc(Oc3ccc(C)nc3)c2)c1.Cc1cccc(C(=O)Nc2cccc(Oc3cccnc3)c2)c1.Cc1cccc(C(=O)Nc2cccc(Oc3cccnc3)c2)c1.Cc1cccc(C(=O)Nc2cccc(Oc3cccnc3C)c2)c1. The molecule has 21 heteroatoms. The van der Waals surface area contributed by atoms with E-state index in [1.807, 2.05) is 268 Å². The van der Waals surface area contributed by atoms with Gasteiger partial charge in [-0.05, 0) is 237 Å². The number of aromatic nitrogens is 5. The summed E-state index contributed by atoms with van der Waals surface area (Å²) in [5, 5.41) is 14.8. The molecule has 15 aromatic rings. The molecule has 5 N–H and O–H groups in total. The first kappa shape index (κ1) is 84.5. The largest absolute Gasteiger partial charge is 0.456 e. The predicted molar refractivity (Wildman–Crippen MR) is 469 cm³/mol. The maximum Gasteiger partial charge on any atom is 0.255 e. The molecule has 594 valence electrons. The molecule has 119 heavy (non-hydrogen) atoms. The number of hydrogen-bond acceptors (Lipinski definition) is 15. The zero-order chi connectivity index (χ0) is 83.8. The van der Waals surface area contributed by atoms with E-state index in [-0.39, 0.29) is 29.5 Å². The lowest BCUT2D eigenvalue weighted by Crippen LogP contribution is -2.12. The molecular formula is C98H85ClN10O10. The molecule has 15 rings (SSSR count). The molecule has 0 fully saturated rings. The lowest BCUT2D eigenvalue weighted by atomic mass is 10.1. The number of nitrogens with zero attached hydrogens (tertiary/aromatic N) is 5. The molecule has 0 aliphatic heterocycles. The van der Waals surface area contributed by atoms with Crippen LogP contribution in [0.2, 0.25) is 5.02 Å². The Morgan fingerprint density at radius 3 is 0.857 bits per heavy atom. The zero-order valence-corrected chi connectivity index (χ0v) is 67.3. The van der Waals surface area contributed by atoms with Crippen LogP contribution in [0, 0.1) is 55.4 Å². The lowest BCUT2D eigenvalue weighted by Gasteiger charge is -2.10. The number of anilines is 5. The first-order chi connectivity index (χ1) is 57.6. The van der Waals surface area contributed by atoms with Crippen molar-refractivity contribution in [1.82, 2.24) is 24.9 Å². The predicted octanol–water partition coefficient (Wildman–Crippen LogP) is 23.8. The molecule has 0 saturated carbocycles. The van der Waals surface area contributed by atoms with Gasteiger partial charge in [-0.1, -0.05) is 124 Å². The molecular weight excluding hydrogens is 1510 g/mol. The third-order valence-corrected chi connectivity index (χ3v) is 17.3. The number of ether oxygens (including phenoxy) is 5. The number of carbonyl (C=O) groups excluding carboxylic acids is 5. The maximum absolute atomic E-state index is 12.4. The summed E-state index contributed by atoms with van der Waals surface area (Å²) in [7, 11) is 0. The van der Waals surface area contributed by atoms with Crippen molar-refractivity contribution in [3.8, 4) is 57.5 Å². The number of nitrogens with one attached hydrogen (secondary N) is 5. The van der Waals surface area contributed by atoms with Gasteiger partial charge >= 0.3 is 0 Å². The van der Waals surface area contributed by atoms with Gasteiger partial charge in [0.15, 0.2) is 0 Å². The van der Waals surface area contributed by atoms with Crippen molar-refractivity contribution in [2.24, 2.45) is 0 Å². The van der Waals surface area contributed by atoms with Crippen molar-refractivity contribution in [1.29, 1.82) is 0 Å². The van der Waals surface area contributed by atoms with Crippen LogP contribution in [0.3, 0.4) is 0 Å². The van der Waals surface area contributed by atoms with Crippen LogP contribution in [-0.2, 0) is 0 Å². The van der Waals surface area contributed by atoms with Crippen LogP contribution in [0.15, 0.2) is 341 Å². The molecule has 0 radical (unpaired) electrons. The number of hydrogen-bond donors (Lipinski definition) is 5. The molecule has 0 bridgehead atoms. The summed E-state index contributed by atoms with van der Waals surface area (Å²) < 4.78 is 28.8. The Morgan fingerprint density at radius 1 is 0.252 bits per heavy atom. The fraction of sp³-hybridized carbons (Fsp3) is 0.0816. The standard InChI is InChI=1S/C20H17ClN2O2.2C20H18N2O2.2C19H16N2O2/c1-13-4-3-5-15(8-13)20(24)23-17-9-16(21)10-19(11-17)25-18-7-6-14(2)22-12-18;1-14-6-3-7-16(12-14)20(23)22-17-8-4-9-18(13-17)24-19-10-5-11-21-15(19)2;1-14-5-3-6-16(11-14)20(23)22-17-7-4-8-18(12-17)24-19-10-9-15(2)21-13-19;2*1-14-5-2-6-15(11-14)19(22)21-16-7-3-8-17(12-16)23-18-9-4-10-20-13-18/h3-12H,1-2H3,(H,23,24);2*3-13H,1-2H3,(H,22,23);2*2-13H,1H3,(H,21,22). The van der Waals surface area contributed by atoms with Crippen LogP contribution in [0.4, 0.5) is 28.4 Å². The van der Waals surface area contributed by atoms with Gasteiger partial charge in [0.1, 0.15) is 57.5 Å². The van der Waals surface area contributed by atoms with Gasteiger partial charge in [0, 0.05) is 122 Å². The van der Waals surface area contributed by atoms with Gasteiger partial charge in [0.2, 0.25) is 0 Å². The summed E-state index contributed by atoms with van der Waals surface area (Å²) in [5.74, 6) is 5.55. The van der Waals surface area contributed by atoms with E-state index < -0.39 is 0 Å². The molecule has 10 aromatic carbocycles. The number of rotatable bonds is 20. The minimum absolute atomic E-state index is 0.145. The van der Waals surface area contributed by atoms with Crippen LogP contribution >= 0.6 is 11.6 Å². The van der Waals surface area contributed by atoms with Crippen molar-refractivity contribution in [3.63, 3.8) is 0 Å². The number of halogens is 1. The maximum atomic E-state index is 12.4. The summed E-state index contributed by atoms with van der Waals surface area (Å²) in [4.78, 5) is 82.2. The monoisotopic (exact) mass is 1600 g/mol. The molecule has 5 amide bonds. The minimum atomic E-state index is -0.200. The van der Waals surface area contributed by atoms with Crippen molar-refractivity contribution in [3.05, 3.63) is 418 Å². The lowest BCUT2D eigenvalue weighted by molar-refractivity contribution is 0.101. The van der Waals surface area contributed by atoms with Gasteiger partial charge in [-0.15, -0.1) is 0 Å². The second-order valence-electron chi connectivity index (χ2n) is 27.2. The van der Waals surface area contributed by atoms with E-state index in [1.54, 1.807) is 128 Å². The van der Waals surface area contributed by atoms with E-state index in [9.17, 15) is 24.0 Å². The number of aryl methyl sites for hydroxylation is 8. The summed E-state index contributed by atoms with van der Waals surface area (Å²) >= 11 is 6.15. The average molecular weight is 1600 g/mol. The van der Waals surface area contributed by atoms with Gasteiger partial charge in [-0.2, -0.15) is 0 Å². The second-order valence-corrected chi connectivity index (χ2v) is 27.6. The van der Waals surface area contributed by atoms with E-state index >= 15 is 0 Å². The highest BCUT2D eigenvalue weighted by Gasteiger charge is 2.15. The van der Waals surface area contributed by atoms with Crippen LogP contribution < -0.4 is 50.3 Å². The van der Waals surface area contributed by atoms with Crippen LogP contribution in [0.25, 0.3) is 0 Å². The molecule has 5 aromatic heterocycles. The molecule has 0 spiro atoms. The third-order valence-electron chi connectivity index (χ3n) is 17.1. The number of pyridine rings is 5. The van der Waals surface area contributed by atoms with Gasteiger partial charge in [0.05, 0.1) is 30.5 Å². The molecule has 5 heterocycles. The molecule has 0 aliphatic rings. The fourth-order valence-electron chi connectivity index (χ4n) is 11.3. The van der Waals surface area contributed by atoms with Crippen molar-refractivity contribution in [2.75, 3.05) is 26.6 Å². The average Bonchev–Trinajstić information content (AvgIpc) is 0.860. The van der Waals surface area contributed by atoms with E-state index in [1.165, 1.54) is 0 Å². The summed E-state index contributed by atoms with van der Waals surface area (Å²) in [5.41, 5.74) is 14.2. The molecule has 0 aliphatic carbocycles. The van der Waals surface area contributed by atoms with Gasteiger partial charge in [-0.25, -0.2) is 0 Å². The Morgan fingerprint density at radius 2 is 0.546 bits per heavy atom. The highest BCUT2D eigenvalue weighted by atomic mass is 35.5. The Kier molecular flexibility index (Phi) is 30.3. The van der Waals surface area contributed by atoms with Crippen molar-refractivity contribution < 1.29 is 47.7 Å². The first-order valence-corrected chi connectivity index (χ1v) is 38.1. The molecule has 0 atom stereocenters. The number of benzene rings is 10. The number of amides is 5. The van der Waals surface area contributed by atoms with E-state index in [2.05, 4.69) is 51.5 Å². The Bertz CT molecular complexity index is 5820. The van der Waals surface area contributed by atoms with Gasteiger partial charge in [0.25, 0.3) is 29.5 Å². The normalized spacial score (nSPS) is 10.2. The van der Waals surface area contributed by atoms with E-state index in [4.69, 9.17) is 35.3 Å². The third kappa shape index (κ3) is 27.7. The quantitative estimate of drug-likeness (QED) is 0.0475.